The number of carbonyl (C=O) groups is 1. The monoisotopic (exact) mass is 370 g/mol. The zero-order valence-corrected chi connectivity index (χ0v) is 14.7. The van der Waals surface area contributed by atoms with Gasteiger partial charge >= 0.3 is 0 Å². The lowest BCUT2D eigenvalue weighted by atomic mass is 9.96. The third-order valence-corrected chi connectivity index (χ3v) is 4.01. The number of para-hydroxylation sites is 1. The number of anilines is 1. The van der Waals surface area contributed by atoms with E-state index in [4.69, 9.17) is 9.47 Å². The standard InChI is InChI=1S/C18H18FN5O3/c1-26-12-8-7-11(16(10-12)27-2)9-13(17-21-23-24-22-17)18(25)20-15-6-4-3-5-14(15)19/h3-8,10,13H,9H2,1-2H3,(H2,20,21,22,23,24,25)/p-1/t13-/m1/s1. The molecule has 140 valence electrons. The van der Waals surface area contributed by atoms with Gasteiger partial charge in [0.15, 0.2) is 0 Å². The first-order valence-electron chi connectivity index (χ1n) is 8.07. The quantitative estimate of drug-likeness (QED) is 0.678. The predicted molar refractivity (Wildman–Crippen MR) is 94.2 cm³/mol. The topological polar surface area (TPSA) is 100 Å². The van der Waals surface area contributed by atoms with Crippen molar-refractivity contribution in [2.45, 2.75) is 12.3 Å². The summed E-state index contributed by atoms with van der Waals surface area (Å²) < 4.78 is 24.4. The molecule has 0 saturated heterocycles. The Hall–Kier alpha value is -3.49. The number of hydrogen-bond acceptors (Lipinski definition) is 6. The maximum atomic E-state index is 13.9. The van der Waals surface area contributed by atoms with Crippen molar-refractivity contribution in [3.8, 4) is 11.5 Å². The Balaban J connectivity index is 1.89. The van der Waals surface area contributed by atoms with Crippen LogP contribution in [0, 0.1) is 5.82 Å². The van der Waals surface area contributed by atoms with Crippen molar-refractivity contribution in [1.82, 2.24) is 20.6 Å². The molecule has 27 heavy (non-hydrogen) atoms. The minimum absolute atomic E-state index is 0.0710. The van der Waals surface area contributed by atoms with E-state index in [1.54, 1.807) is 37.4 Å². The molecule has 1 heterocycles. The Morgan fingerprint density at radius 2 is 2.04 bits per heavy atom. The van der Waals surface area contributed by atoms with Crippen LogP contribution in [0.3, 0.4) is 0 Å². The van der Waals surface area contributed by atoms with Crippen LogP contribution in [-0.2, 0) is 11.2 Å². The number of amides is 1. The van der Waals surface area contributed by atoms with E-state index in [1.165, 1.54) is 19.2 Å². The van der Waals surface area contributed by atoms with E-state index in [2.05, 4.69) is 25.9 Å². The van der Waals surface area contributed by atoms with E-state index in [0.29, 0.717) is 11.5 Å². The third-order valence-electron chi connectivity index (χ3n) is 4.01. The molecule has 1 N–H and O–H groups in total. The molecule has 0 radical (unpaired) electrons. The summed E-state index contributed by atoms with van der Waals surface area (Å²) in [6.45, 7) is 0. The summed E-state index contributed by atoms with van der Waals surface area (Å²) in [5.41, 5.74) is 0.804. The van der Waals surface area contributed by atoms with Crippen LogP contribution in [0.15, 0.2) is 42.5 Å². The molecule has 0 spiro atoms. The van der Waals surface area contributed by atoms with Gasteiger partial charge in [-0.05, 0) is 30.2 Å². The van der Waals surface area contributed by atoms with Crippen LogP contribution in [-0.4, -0.2) is 35.7 Å². The van der Waals surface area contributed by atoms with E-state index in [9.17, 15) is 9.18 Å². The van der Waals surface area contributed by atoms with E-state index < -0.39 is 17.6 Å². The number of rotatable bonds is 7. The van der Waals surface area contributed by atoms with Crippen LogP contribution in [0.25, 0.3) is 0 Å². The number of benzene rings is 2. The maximum Gasteiger partial charge on any atom is 0.232 e. The Kier molecular flexibility index (Phi) is 5.60. The van der Waals surface area contributed by atoms with Gasteiger partial charge in [0.2, 0.25) is 5.91 Å². The number of nitrogens with one attached hydrogen (secondary N) is 1. The Labute approximate surface area is 154 Å². The minimum Gasteiger partial charge on any atom is -0.497 e. The highest BCUT2D eigenvalue weighted by Gasteiger charge is 2.23. The van der Waals surface area contributed by atoms with Crippen molar-refractivity contribution in [2.75, 3.05) is 19.5 Å². The van der Waals surface area contributed by atoms with Crippen molar-refractivity contribution in [2.24, 2.45) is 0 Å². The Morgan fingerprint density at radius 3 is 2.70 bits per heavy atom. The largest absolute Gasteiger partial charge is 0.497 e. The average molecular weight is 370 g/mol. The number of halogens is 1. The lowest BCUT2D eigenvalue weighted by Crippen LogP contribution is -2.25. The maximum absolute atomic E-state index is 13.9. The molecule has 9 heteroatoms. The van der Waals surface area contributed by atoms with Crippen LogP contribution < -0.4 is 19.9 Å². The van der Waals surface area contributed by atoms with Gasteiger partial charge < -0.3 is 19.9 Å². The highest BCUT2D eigenvalue weighted by Crippen LogP contribution is 2.29. The van der Waals surface area contributed by atoms with Crippen LogP contribution in [0.5, 0.6) is 11.5 Å². The van der Waals surface area contributed by atoms with Crippen LogP contribution >= 0.6 is 0 Å². The molecule has 1 aromatic heterocycles. The molecule has 0 saturated carbocycles. The van der Waals surface area contributed by atoms with Gasteiger partial charge in [-0.15, -0.1) is 0 Å². The van der Waals surface area contributed by atoms with Gasteiger partial charge in [-0.2, -0.15) is 5.21 Å². The van der Waals surface area contributed by atoms with Crippen LogP contribution in [0.4, 0.5) is 10.1 Å². The first kappa shape index (κ1) is 18.3. The lowest BCUT2D eigenvalue weighted by molar-refractivity contribution is -0.117. The van der Waals surface area contributed by atoms with Gasteiger partial charge in [0, 0.05) is 11.9 Å². The van der Waals surface area contributed by atoms with Crippen molar-refractivity contribution in [3.63, 3.8) is 0 Å². The Morgan fingerprint density at radius 1 is 1.22 bits per heavy atom. The number of tetrazole rings is 1. The van der Waals surface area contributed by atoms with E-state index in [1.807, 2.05) is 0 Å². The second kappa shape index (κ2) is 8.26. The highest BCUT2D eigenvalue weighted by atomic mass is 19.1. The van der Waals surface area contributed by atoms with Gasteiger partial charge in [-0.3, -0.25) is 15.1 Å². The first-order valence-corrected chi connectivity index (χ1v) is 8.07. The molecule has 0 aliphatic rings. The molecule has 1 amide bonds. The average Bonchev–Trinajstić information content (AvgIpc) is 3.22. The molecule has 3 rings (SSSR count). The van der Waals surface area contributed by atoms with Gasteiger partial charge in [-0.1, -0.05) is 18.2 Å². The molecule has 0 aliphatic carbocycles. The fraction of sp³-hybridized carbons (Fsp3) is 0.222. The summed E-state index contributed by atoms with van der Waals surface area (Å²) in [6.07, 6.45) is 0.209. The summed E-state index contributed by atoms with van der Waals surface area (Å²) in [6, 6.07) is 11.2. The summed E-state index contributed by atoms with van der Waals surface area (Å²) in [5.74, 6) is -0.538. The summed E-state index contributed by atoms with van der Waals surface area (Å²) in [5, 5.41) is 17.0. The van der Waals surface area contributed by atoms with Gasteiger partial charge in [0.1, 0.15) is 17.3 Å². The number of methoxy groups -OCH3 is 2. The fourth-order valence-corrected chi connectivity index (χ4v) is 2.62. The smallest absolute Gasteiger partial charge is 0.232 e. The van der Waals surface area contributed by atoms with Gasteiger partial charge in [-0.25, -0.2) is 4.39 Å². The fourth-order valence-electron chi connectivity index (χ4n) is 2.62. The molecule has 0 unspecified atom stereocenters. The molecule has 1 atom stereocenters. The first-order chi connectivity index (χ1) is 13.1. The molecule has 0 fully saturated rings. The highest BCUT2D eigenvalue weighted by molar-refractivity contribution is 5.95. The summed E-state index contributed by atoms with van der Waals surface area (Å²) in [7, 11) is 3.07. The second-order valence-corrected chi connectivity index (χ2v) is 5.64. The molecule has 2 aromatic carbocycles. The van der Waals surface area contributed by atoms with Crippen molar-refractivity contribution < 1.29 is 18.7 Å². The zero-order chi connectivity index (χ0) is 19.2. The van der Waals surface area contributed by atoms with E-state index in [-0.39, 0.29) is 17.9 Å². The molecule has 3 aromatic rings. The zero-order valence-electron chi connectivity index (χ0n) is 14.7. The third kappa shape index (κ3) is 4.20. The van der Waals surface area contributed by atoms with Gasteiger partial charge in [0.05, 0.1) is 25.8 Å². The van der Waals surface area contributed by atoms with Crippen LogP contribution in [0.2, 0.25) is 0 Å². The van der Waals surface area contributed by atoms with Crippen LogP contribution in [0.1, 0.15) is 17.3 Å². The molecule has 0 aliphatic heterocycles. The number of hydrogen-bond donors (Lipinski definition) is 1. The SMILES string of the molecule is COc1ccc(C[C@@H](C(=O)Nc2ccccc2F)c2nnn[n-]2)c(OC)c1. The normalized spacial score (nSPS) is 11.7. The summed E-state index contributed by atoms with van der Waals surface area (Å²) >= 11 is 0. The number of nitrogens with zero attached hydrogens (tertiary/aromatic N) is 4. The molecule has 8 nitrogen and oxygen atoms in total. The molecule has 0 bridgehead atoms. The predicted octanol–water partition coefficient (Wildman–Crippen LogP) is 1.95. The second-order valence-electron chi connectivity index (χ2n) is 5.64. The van der Waals surface area contributed by atoms with Crippen molar-refractivity contribution in [3.05, 3.63) is 59.7 Å². The summed E-state index contributed by atoms with van der Waals surface area (Å²) in [4.78, 5) is 12.8. The molecular formula is C18H17FN5O3-. The van der Waals surface area contributed by atoms with E-state index >= 15 is 0 Å². The molecular weight excluding hydrogens is 353 g/mol. The number of carbonyl (C=O) groups excluding carboxylic acids is 1. The van der Waals surface area contributed by atoms with Crippen molar-refractivity contribution >= 4 is 11.6 Å². The van der Waals surface area contributed by atoms with Gasteiger partial charge in [0.25, 0.3) is 0 Å². The lowest BCUT2D eigenvalue weighted by Gasteiger charge is -2.19. The Bertz CT molecular complexity index is 917. The number of aromatic nitrogens is 4. The number of ether oxygens (including phenoxy) is 2. The van der Waals surface area contributed by atoms with Crippen molar-refractivity contribution in [1.29, 1.82) is 0 Å². The minimum atomic E-state index is -0.832. The van der Waals surface area contributed by atoms with E-state index in [0.717, 1.165) is 5.56 Å².